The lowest BCUT2D eigenvalue weighted by Gasteiger charge is -2.27. The molecule has 1 aliphatic rings. The fourth-order valence-corrected chi connectivity index (χ4v) is 4.26. The first-order chi connectivity index (χ1) is 12.5. The van der Waals surface area contributed by atoms with E-state index in [0.717, 1.165) is 16.1 Å². The molecule has 0 spiro atoms. The number of anilines is 1. The van der Waals surface area contributed by atoms with Crippen molar-refractivity contribution >= 4 is 29.3 Å². The first kappa shape index (κ1) is 18.3. The number of benzene rings is 2. The number of fused-ring (bicyclic) bond motifs is 1. The number of carbonyl (C=O) groups excluding carboxylic acids is 2. The zero-order valence-electron chi connectivity index (χ0n) is 14.3. The first-order valence-corrected chi connectivity index (χ1v) is 9.12. The molecule has 2 aromatic carbocycles. The van der Waals surface area contributed by atoms with E-state index in [9.17, 15) is 14.7 Å². The number of rotatable bonds is 4. The maximum Gasteiger partial charge on any atom is 0.303 e. The van der Waals surface area contributed by atoms with Gasteiger partial charge in [-0.3, -0.25) is 9.59 Å². The third kappa shape index (κ3) is 3.68. The van der Waals surface area contributed by atoms with E-state index in [2.05, 4.69) is 0 Å². The van der Waals surface area contributed by atoms with Crippen LogP contribution in [0.15, 0.2) is 53.4 Å². The molecule has 1 unspecified atom stereocenters. The van der Waals surface area contributed by atoms with Crippen molar-refractivity contribution in [2.24, 2.45) is 5.73 Å². The summed E-state index contributed by atoms with van der Waals surface area (Å²) in [5, 5.41) is 9.13. The molecule has 2 atom stereocenters. The number of ether oxygens (including phenoxy) is 1. The molecule has 1 heterocycles. The molecule has 3 rings (SSSR count). The molecule has 0 aliphatic carbocycles. The number of thioether (sulfide) groups is 1. The molecule has 2 aromatic rings. The van der Waals surface area contributed by atoms with Gasteiger partial charge in [0.05, 0.1) is 10.9 Å². The Bertz CT molecular complexity index is 809. The van der Waals surface area contributed by atoms with E-state index >= 15 is 0 Å². The SMILES string of the molecule is CC(=O)O[C@@H]1C(=O)N(CCN)c2ccccc2SC1c1ccc(O)cc1. The fraction of sp³-hybridized carbons (Fsp3) is 0.263. The van der Waals surface area contributed by atoms with E-state index in [0.29, 0.717) is 13.1 Å². The summed E-state index contributed by atoms with van der Waals surface area (Å²) < 4.78 is 5.43. The van der Waals surface area contributed by atoms with Crippen molar-refractivity contribution in [1.82, 2.24) is 0 Å². The Kier molecular flexibility index (Phi) is 5.49. The van der Waals surface area contributed by atoms with Gasteiger partial charge in [0.25, 0.3) is 5.91 Å². The standard InChI is InChI=1S/C19H20N2O4S/c1-12(22)25-17-18(13-6-8-14(23)9-7-13)26-16-5-3-2-4-15(16)21(11-10-20)19(17)24/h2-9,17-18,23H,10-11,20H2,1H3/t17-,18?/m0/s1. The highest BCUT2D eigenvalue weighted by molar-refractivity contribution is 7.99. The third-order valence-electron chi connectivity index (χ3n) is 4.06. The zero-order valence-corrected chi connectivity index (χ0v) is 15.1. The highest BCUT2D eigenvalue weighted by atomic mass is 32.2. The summed E-state index contributed by atoms with van der Waals surface area (Å²) in [5.41, 5.74) is 7.25. The Hall–Kier alpha value is -2.51. The fourth-order valence-electron chi connectivity index (χ4n) is 2.94. The van der Waals surface area contributed by atoms with Crippen LogP contribution in [0.25, 0.3) is 0 Å². The number of aromatic hydroxyl groups is 1. The molecule has 26 heavy (non-hydrogen) atoms. The van der Waals surface area contributed by atoms with Gasteiger partial charge < -0.3 is 20.5 Å². The summed E-state index contributed by atoms with van der Waals surface area (Å²) in [5.74, 6) is -0.694. The van der Waals surface area contributed by atoms with Crippen LogP contribution in [0.3, 0.4) is 0 Å². The molecule has 0 bridgehead atoms. The van der Waals surface area contributed by atoms with Crippen molar-refractivity contribution in [2.75, 3.05) is 18.0 Å². The van der Waals surface area contributed by atoms with Crippen molar-refractivity contribution in [3.05, 3.63) is 54.1 Å². The van der Waals surface area contributed by atoms with E-state index in [1.807, 2.05) is 24.3 Å². The van der Waals surface area contributed by atoms with Gasteiger partial charge in [0.1, 0.15) is 5.75 Å². The lowest BCUT2D eigenvalue weighted by molar-refractivity contribution is -0.152. The second-order valence-corrected chi connectivity index (χ2v) is 7.09. The average Bonchev–Trinajstić information content (AvgIpc) is 2.73. The topological polar surface area (TPSA) is 92.9 Å². The second kappa shape index (κ2) is 7.80. The number of phenolic OH excluding ortho intramolecular Hbond substituents is 1. The van der Waals surface area contributed by atoms with E-state index < -0.39 is 17.3 Å². The summed E-state index contributed by atoms with van der Waals surface area (Å²) in [4.78, 5) is 27.4. The van der Waals surface area contributed by atoms with Gasteiger partial charge in [-0.2, -0.15) is 0 Å². The number of nitrogens with two attached hydrogens (primary N) is 1. The summed E-state index contributed by atoms with van der Waals surface area (Å²) in [6.45, 7) is 1.91. The number of amides is 1. The van der Waals surface area contributed by atoms with Gasteiger partial charge in [0.15, 0.2) is 6.10 Å². The molecular weight excluding hydrogens is 352 g/mol. The van der Waals surface area contributed by atoms with Crippen LogP contribution >= 0.6 is 11.8 Å². The molecule has 1 amide bonds. The Labute approximate surface area is 155 Å². The third-order valence-corrected chi connectivity index (χ3v) is 5.43. The zero-order chi connectivity index (χ0) is 18.7. The Morgan fingerprint density at radius 3 is 2.58 bits per heavy atom. The van der Waals surface area contributed by atoms with E-state index in [1.54, 1.807) is 29.2 Å². The lowest BCUT2D eigenvalue weighted by Crippen LogP contribution is -2.44. The highest BCUT2D eigenvalue weighted by Gasteiger charge is 2.40. The molecule has 7 heteroatoms. The summed E-state index contributed by atoms with van der Waals surface area (Å²) in [6, 6.07) is 14.1. The van der Waals surface area contributed by atoms with Gasteiger partial charge in [-0.05, 0) is 29.8 Å². The van der Waals surface area contributed by atoms with Gasteiger partial charge in [-0.1, -0.05) is 24.3 Å². The molecule has 3 N–H and O–H groups in total. The number of esters is 1. The van der Waals surface area contributed by atoms with Crippen molar-refractivity contribution in [2.45, 2.75) is 23.2 Å². The normalized spacial score (nSPS) is 19.6. The molecule has 0 saturated heterocycles. The van der Waals surface area contributed by atoms with Crippen LogP contribution in [0.2, 0.25) is 0 Å². The monoisotopic (exact) mass is 372 g/mol. The Balaban J connectivity index is 2.11. The highest BCUT2D eigenvalue weighted by Crippen LogP contribution is 2.46. The number of hydrogen-bond donors (Lipinski definition) is 2. The van der Waals surface area contributed by atoms with E-state index in [-0.39, 0.29) is 11.7 Å². The first-order valence-electron chi connectivity index (χ1n) is 8.24. The summed E-state index contributed by atoms with van der Waals surface area (Å²) >= 11 is 1.46. The van der Waals surface area contributed by atoms with E-state index in [1.165, 1.54) is 18.7 Å². The smallest absolute Gasteiger partial charge is 0.303 e. The van der Waals surface area contributed by atoms with E-state index in [4.69, 9.17) is 10.5 Å². The number of para-hydroxylation sites is 1. The van der Waals surface area contributed by atoms with Gasteiger partial charge in [0.2, 0.25) is 0 Å². The van der Waals surface area contributed by atoms with Crippen molar-refractivity contribution < 1.29 is 19.4 Å². The molecular formula is C19H20N2O4S. The van der Waals surface area contributed by atoms with Crippen molar-refractivity contribution in [3.63, 3.8) is 0 Å². The van der Waals surface area contributed by atoms with Gasteiger partial charge >= 0.3 is 5.97 Å². The maximum atomic E-state index is 13.2. The molecule has 1 aliphatic heterocycles. The van der Waals surface area contributed by atoms with Crippen LogP contribution in [0.4, 0.5) is 5.69 Å². The molecule has 0 saturated carbocycles. The van der Waals surface area contributed by atoms with Crippen molar-refractivity contribution in [3.8, 4) is 5.75 Å². The number of phenols is 1. The van der Waals surface area contributed by atoms with Crippen LogP contribution in [-0.2, 0) is 14.3 Å². The minimum atomic E-state index is -0.985. The van der Waals surface area contributed by atoms with Crippen LogP contribution in [0.5, 0.6) is 5.75 Å². The molecule has 0 radical (unpaired) electrons. The van der Waals surface area contributed by atoms with Gasteiger partial charge in [-0.25, -0.2) is 0 Å². The molecule has 0 aromatic heterocycles. The summed E-state index contributed by atoms with van der Waals surface area (Å²) in [7, 11) is 0. The van der Waals surface area contributed by atoms with Gasteiger partial charge in [0, 0.05) is 24.9 Å². The largest absolute Gasteiger partial charge is 0.508 e. The predicted octanol–water partition coefficient (Wildman–Crippen LogP) is 2.46. The van der Waals surface area contributed by atoms with Crippen molar-refractivity contribution in [1.29, 1.82) is 0 Å². The minimum absolute atomic E-state index is 0.132. The average molecular weight is 372 g/mol. The second-order valence-electron chi connectivity index (χ2n) is 5.91. The Morgan fingerprint density at radius 1 is 1.23 bits per heavy atom. The quantitative estimate of drug-likeness (QED) is 0.801. The molecule has 6 nitrogen and oxygen atoms in total. The number of hydrogen-bond acceptors (Lipinski definition) is 6. The molecule has 136 valence electrons. The predicted molar refractivity (Wildman–Crippen MR) is 100 cm³/mol. The van der Waals surface area contributed by atoms with Crippen LogP contribution in [-0.4, -0.2) is 36.2 Å². The minimum Gasteiger partial charge on any atom is -0.508 e. The van der Waals surface area contributed by atoms with Crippen LogP contribution in [0.1, 0.15) is 17.7 Å². The van der Waals surface area contributed by atoms with Crippen LogP contribution in [0, 0.1) is 0 Å². The van der Waals surface area contributed by atoms with Gasteiger partial charge in [-0.15, -0.1) is 11.8 Å². The maximum absolute atomic E-state index is 13.2. The molecule has 0 fully saturated rings. The number of nitrogens with zero attached hydrogens (tertiary/aromatic N) is 1. The lowest BCUT2D eigenvalue weighted by atomic mass is 10.1. The Morgan fingerprint density at radius 2 is 1.92 bits per heavy atom. The van der Waals surface area contributed by atoms with Crippen LogP contribution < -0.4 is 10.6 Å². The number of carbonyl (C=O) groups is 2. The summed E-state index contributed by atoms with van der Waals surface area (Å²) in [6.07, 6.45) is -0.985.